The fourth-order valence-corrected chi connectivity index (χ4v) is 0.482. The van der Waals surface area contributed by atoms with E-state index in [-0.39, 0.29) is 0 Å². The average Bonchev–Trinajstić information content (AvgIpc) is 1.58. The van der Waals surface area contributed by atoms with Crippen LogP contribution in [-0.4, -0.2) is 18.3 Å². The van der Waals surface area contributed by atoms with Gasteiger partial charge in [0.05, 0.1) is 0 Å². The molecule has 0 fully saturated rings. The van der Waals surface area contributed by atoms with Crippen molar-refractivity contribution in [2.45, 2.75) is 11.6 Å². The molecule has 0 rings (SSSR count). The van der Waals surface area contributed by atoms with E-state index in [1.165, 1.54) is 0 Å². The van der Waals surface area contributed by atoms with Crippen LogP contribution in [0.3, 0.4) is 0 Å². The Balaban J connectivity index is 4.75. The minimum absolute atomic E-state index is 4.14. The van der Waals surface area contributed by atoms with Gasteiger partial charge in [0.25, 0.3) is 0 Å². The van der Waals surface area contributed by atoms with Gasteiger partial charge in [0.1, 0.15) is 0 Å². The Kier molecular flexibility index (Phi) is 2.79. The fraction of sp³-hybridized carbons (Fsp3) is 1.00. The van der Waals surface area contributed by atoms with Crippen molar-refractivity contribution in [1.29, 1.82) is 0 Å². The Hall–Kier alpha value is 0.377. The van der Waals surface area contributed by atoms with Crippen molar-refractivity contribution in [3.05, 3.63) is 0 Å². The highest BCUT2D eigenvalue weighted by Gasteiger charge is 2.74. The predicted octanol–water partition coefficient (Wildman–Crippen LogP) is 3.11. The van der Waals surface area contributed by atoms with E-state index >= 15 is 0 Å². The van der Waals surface area contributed by atoms with Gasteiger partial charge in [-0.05, 0) is 0 Å². The molecule has 0 aliphatic carbocycles. The summed E-state index contributed by atoms with van der Waals surface area (Å²) in [7, 11) is 0. The molecule has 0 aliphatic rings. The zero-order valence-electron chi connectivity index (χ0n) is 4.52. The smallest absolute Gasteiger partial charge is 0.173 e. The summed E-state index contributed by atoms with van der Waals surface area (Å²) in [5.74, 6) is -11.2. The second-order valence-corrected chi connectivity index (χ2v) is 7.83. The summed E-state index contributed by atoms with van der Waals surface area (Å²) in [6.45, 7) is -6.16. The van der Waals surface area contributed by atoms with Gasteiger partial charge in [-0.15, -0.1) is 22.2 Å². The Bertz CT molecular complexity index is 130. The molecule has 0 aromatic heterocycles. The van der Waals surface area contributed by atoms with E-state index in [4.69, 9.17) is 0 Å². The molecule has 0 nitrogen and oxygen atoms in total. The molecule has 0 saturated carbocycles. The van der Waals surface area contributed by atoms with Crippen molar-refractivity contribution in [2.75, 3.05) is 0 Å². The van der Waals surface area contributed by atoms with E-state index in [9.17, 15) is 26.3 Å². The van der Waals surface area contributed by atoms with Gasteiger partial charge in [-0.1, -0.05) is 0 Å². The second kappa shape index (κ2) is 2.70. The number of hydrogen-bond donors (Lipinski definition) is 0. The fourth-order valence-electron chi connectivity index (χ4n) is 0.161. The first kappa shape index (κ1) is 11.4. The summed E-state index contributed by atoms with van der Waals surface area (Å²) < 4.78 is 68.4. The van der Waals surface area contributed by atoms with Crippen LogP contribution >= 0.6 is 22.2 Å². The lowest BCUT2D eigenvalue weighted by Gasteiger charge is -2.21. The van der Waals surface area contributed by atoms with Crippen LogP contribution in [0.5, 0.6) is 0 Å². The lowest BCUT2D eigenvalue weighted by Crippen LogP contribution is -2.53. The molecule has 0 unspecified atom stereocenters. The van der Waals surface area contributed by atoms with Gasteiger partial charge in [-0.25, -0.2) is 0 Å². The van der Waals surface area contributed by atoms with Crippen LogP contribution < -0.4 is 0 Å². The van der Waals surface area contributed by atoms with Crippen LogP contribution in [0.15, 0.2) is 0 Å². The highest BCUT2D eigenvalue weighted by atomic mass is 35.7. The van der Waals surface area contributed by atoms with Crippen molar-refractivity contribution >= 4 is 28.9 Å². The standard InChI is InChI=1S/C2Cl2F6Si/c3-11(4,1(5,6)7)2(8,9)10. The maximum absolute atomic E-state index is 11.4. The molecule has 9 heteroatoms. The van der Waals surface area contributed by atoms with Crippen molar-refractivity contribution < 1.29 is 26.3 Å². The zero-order valence-corrected chi connectivity index (χ0v) is 7.04. The minimum Gasteiger partial charge on any atom is -0.173 e. The van der Waals surface area contributed by atoms with E-state index in [1.54, 1.807) is 0 Å². The van der Waals surface area contributed by atoms with Gasteiger partial charge in [0.2, 0.25) is 0 Å². The van der Waals surface area contributed by atoms with Crippen molar-refractivity contribution in [1.82, 2.24) is 0 Å². The maximum Gasteiger partial charge on any atom is 0.485 e. The lowest BCUT2D eigenvalue weighted by atomic mass is 11.5. The van der Waals surface area contributed by atoms with Gasteiger partial charge in [0, 0.05) is 0 Å². The minimum atomic E-state index is -6.16. The Morgan fingerprint density at radius 3 is 0.909 bits per heavy atom. The molecule has 0 aromatic carbocycles. The first-order valence-electron chi connectivity index (χ1n) is 2.01. The molecule has 0 bridgehead atoms. The van der Waals surface area contributed by atoms with Gasteiger partial charge in [0.15, 0.2) is 0 Å². The largest absolute Gasteiger partial charge is 0.485 e. The molecule has 0 aromatic rings. The first-order valence-corrected chi connectivity index (χ1v) is 6.04. The molecule has 0 amide bonds. The lowest BCUT2D eigenvalue weighted by molar-refractivity contribution is -0.102. The van der Waals surface area contributed by atoms with Crippen LogP contribution in [0.25, 0.3) is 0 Å². The summed E-state index contributed by atoms with van der Waals surface area (Å²) in [5.41, 5.74) is 0. The molecular weight excluding hydrogens is 237 g/mol. The van der Waals surface area contributed by atoms with E-state index < -0.39 is 18.3 Å². The highest BCUT2D eigenvalue weighted by molar-refractivity contribution is 7.47. The molecule has 0 atom stereocenters. The number of halogens is 8. The number of rotatable bonds is 0. The maximum atomic E-state index is 11.4. The number of hydrogen-bond acceptors (Lipinski definition) is 0. The molecule has 0 radical (unpaired) electrons. The molecule has 11 heavy (non-hydrogen) atoms. The van der Waals surface area contributed by atoms with Crippen molar-refractivity contribution in [3.8, 4) is 0 Å². The summed E-state index contributed by atoms with van der Waals surface area (Å²) >= 11 is 8.29. The van der Waals surface area contributed by atoms with E-state index in [0.29, 0.717) is 0 Å². The zero-order chi connectivity index (χ0) is 9.50. The van der Waals surface area contributed by atoms with Crippen LogP contribution in [0.4, 0.5) is 26.3 Å². The SMILES string of the molecule is FC(F)(F)[Si](Cl)(Cl)C(F)(F)F. The Morgan fingerprint density at radius 2 is 0.909 bits per heavy atom. The summed E-state index contributed by atoms with van der Waals surface area (Å²) in [5, 5.41) is 0. The third-order valence-electron chi connectivity index (χ3n) is 0.712. The predicted molar refractivity (Wildman–Crippen MR) is 29.6 cm³/mol. The van der Waals surface area contributed by atoms with Crippen LogP contribution in [0.1, 0.15) is 0 Å². The normalized spacial score (nSPS) is 15.3. The summed E-state index contributed by atoms with van der Waals surface area (Å²) in [4.78, 5) is 0. The highest BCUT2D eigenvalue weighted by Crippen LogP contribution is 2.46. The molecule has 0 N–H and O–H groups in total. The monoisotopic (exact) mass is 236 g/mol. The van der Waals surface area contributed by atoms with Gasteiger partial charge in [-0.2, -0.15) is 26.3 Å². The quantitative estimate of drug-likeness (QED) is 0.345. The van der Waals surface area contributed by atoms with E-state index in [1.807, 2.05) is 0 Å². The average molecular weight is 237 g/mol. The van der Waals surface area contributed by atoms with Crippen molar-refractivity contribution in [2.24, 2.45) is 0 Å². The van der Waals surface area contributed by atoms with Crippen molar-refractivity contribution in [3.63, 3.8) is 0 Å². The molecular formula is C2Cl2F6Si. The van der Waals surface area contributed by atoms with E-state index in [2.05, 4.69) is 22.2 Å². The molecule has 0 saturated heterocycles. The topological polar surface area (TPSA) is 0 Å². The molecule has 0 aliphatic heterocycles. The molecule has 0 spiro atoms. The van der Waals surface area contributed by atoms with Crippen LogP contribution in [0.2, 0.25) is 0 Å². The van der Waals surface area contributed by atoms with E-state index in [0.717, 1.165) is 0 Å². The van der Waals surface area contributed by atoms with Crippen LogP contribution in [0, 0.1) is 0 Å². The Morgan fingerprint density at radius 1 is 0.727 bits per heavy atom. The number of alkyl halides is 6. The third-order valence-corrected chi connectivity index (χ3v) is 4.71. The first-order chi connectivity index (χ1) is 4.50. The van der Waals surface area contributed by atoms with Gasteiger partial charge >= 0.3 is 18.3 Å². The molecule has 68 valence electrons. The third kappa shape index (κ3) is 2.16. The molecule has 0 heterocycles. The second-order valence-electron chi connectivity index (χ2n) is 1.57. The van der Waals surface area contributed by atoms with Crippen LogP contribution in [-0.2, 0) is 0 Å². The Labute approximate surface area is 67.5 Å². The summed E-state index contributed by atoms with van der Waals surface area (Å²) in [6.07, 6.45) is 0. The summed E-state index contributed by atoms with van der Waals surface area (Å²) in [6, 6.07) is 0. The van der Waals surface area contributed by atoms with Gasteiger partial charge in [-0.3, -0.25) is 0 Å². The van der Waals surface area contributed by atoms with Gasteiger partial charge < -0.3 is 0 Å².